The second kappa shape index (κ2) is 11.5. The summed E-state index contributed by atoms with van der Waals surface area (Å²) in [5.41, 5.74) is 3.78. The highest BCUT2D eigenvalue weighted by molar-refractivity contribution is 6.36. The molecule has 0 aliphatic rings. The Hall–Kier alpha value is -2.04. The number of hydrogen-bond donors (Lipinski definition) is 1. The summed E-state index contributed by atoms with van der Waals surface area (Å²) in [4.78, 5) is 28.1. The molecule has 2 aromatic rings. The maximum Gasteiger partial charge on any atom is 0.243 e. The monoisotopic (exact) mass is 462 g/mol. The summed E-state index contributed by atoms with van der Waals surface area (Å²) < 4.78 is 0. The Kier molecular flexibility index (Phi) is 9.39. The van der Waals surface area contributed by atoms with E-state index in [1.54, 1.807) is 23.1 Å². The van der Waals surface area contributed by atoms with Gasteiger partial charge < -0.3 is 10.2 Å². The first-order chi connectivity index (χ1) is 14.7. The van der Waals surface area contributed by atoms with Crippen molar-refractivity contribution in [3.8, 4) is 0 Å². The second-order valence-corrected chi connectivity index (χ2v) is 8.95. The zero-order valence-corrected chi connectivity index (χ0v) is 20.5. The van der Waals surface area contributed by atoms with Gasteiger partial charge in [0, 0.05) is 28.2 Å². The van der Waals surface area contributed by atoms with Crippen LogP contribution in [-0.4, -0.2) is 28.8 Å². The van der Waals surface area contributed by atoms with Gasteiger partial charge in [-0.15, -0.1) is 0 Å². The van der Waals surface area contributed by atoms with Crippen LogP contribution in [0, 0.1) is 13.8 Å². The lowest BCUT2D eigenvalue weighted by atomic mass is 10.0. The van der Waals surface area contributed by atoms with Crippen molar-refractivity contribution in [3.05, 3.63) is 68.7 Å². The van der Waals surface area contributed by atoms with Gasteiger partial charge in [0.2, 0.25) is 11.8 Å². The molecule has 6 heteroatoms. The van der Waals surface area contributed by atoms with Crippen LogP contribution in [0.5, 0.6) is 0 Å². The summed E-state index contributed by atoms with van der Waals surface area (Å²) in [6.07, 6.45) is 1.51. The topological polar surface area (TPSA) is 49.4 Å². The Bertz CT molecular complexity index is 889. The van der Waals surface area contributed by atoms with Crippen molar-refractivity contribution in [1.29, 1.82) is 0 Å². The summed E-state index contributed by atoms with van der Waals surface area (Å²) in [7, 11) is 0. The van der Waals surface area contributed by atoms with Crippen molar-refractivity contribution in [1.82, 2.24) is 10.2 Å². The van der Waals surface area contributed by atoms with Gasteiger partial charge in [-0.3, -0.25) is 9.59 Å². The molecule has 2 amide bonds. The summed E-state index contributed by atoms with van der Waals surface area (Å²) in [6.45, 7) is 10.1. The first-order valence-corrected chi connectivity index (χ1v) is 11.5. The van der Waals surface area contributed by atoms with E-state index >= 15 is 0 Å². The summed E-state index contributed by atoms with van der Waals surface area (Å²) in [5.74, 6) is -0.291. The van der Waals surface area contributed by atoms with E-state index in [1.165, 1.54) is 0 Å². The lowest BCUT2D eigenvalue weighted by molar-refractivity contribution is -0.141. The molecule has 1 N–H and O–H groups in total. The van der Waals surface area contributed by atoms with Gasteiger partial charge in [0.25, 0.3) is 0 Å². The van der Waals surface area contributed by atoms with Crippen LogP contribution in [0.15, 0.2) is 36.4 Å². The average molecular weight is 463 g/mol. The van der Waals surface area contributed by atoms with Crippen molar-refractivity contribution < 1.29 is 9.59 Å². The van der Waals surface area contributed by atoms with Crippen LogP contribution in [0.4, 0.5) is 0 Å². The van der Waals surface area contributed by atoms with Crippen LogP contribution in [0.3, 0.4) is 0 Å². The number of nitrogens with one attached hydrogen (secondary N) is 1. The lowest BCUT2D eigenvalue weighted by Gasteiger charge is -2.32. The summed E-state index contributed by atoms with van der Waals surface area (Å²) >= 11 is 12.8. The molecule has 0 aliphatic carbocycles. The molecular weight excluding hydrogens is 431 g/mol. The summed E-state index contributed by atoms with van der Waals surface area (Å²) in [6, 6.07) is 10.8. The van der Waals surface area contributed by atoms with Crippen molar-refractivity contribution >= 4 is 35.0 Å². The Morgan fingerprint density at radius 3 is 2.10 bits per heavy atom. The number of aryl methyl sites for hydroxylation is 2. The molecule has 0 saturated carbocycles. The zero-order valence-electron chi connectivity index (χ0n) is 19.0. The Morgan fingerprint density at radius 2 is 1.58 bits per heavy atom. The van der Waals surface area contributed by atoms with Crippen LogP contribution in [0.1, 0.15) is 55.9 Å². The molecule has 31 heavy (non-hydrogen) atoms. The Morgan fingerprint density at radius 1 is 1.00 bits per heavy atom. The Balaban J connectivity index is 2.39. The van der Waals surface area contributed by atoms with Crippen LogP contribution in [-0.2, 0) is 22.6 Å². The highest BCUT2D eigenvalue weighted by Gasteiger charge is 2.30. The highest BCUT2D eigenvalue weighted by atomic mass is 35.5. The zero-order chi connectivity index (χ0) is 23.1. The predicted octanol–water partition coefficient (Wildman–Crippen LogP) is 5.87. The standard InChI is InChI=1S/C25H32Cl2N2O2/c1-6-18(5)28-25(31)23(7-2)29(15-20-21(26)9-8-10-22(20)27)24(30)14-19-12-16(3)11-17(4)13-19/h8-13,18,23H,6-7,14-15H2,1-5H3,(H,28,31)/t18-,23+/m1/s1. The molecule has 0 aromatic heterocycles. The van der Waals surface area contributed by atoms with Gasteiger partial charge in [-0.2, -0.15) is 0 Å². The lowest BCUT2D eigenvalue weighted by Crippen LogP contribution is -2.51. The molecule has 2 atom stereocenters. The molecule has 0 spiro atoms. The maximum absolute atomic E-state index is 13.5. The minimum atomic E-state index is -0.611. The third-order valence-corrected chi connectivity index (χ3v) is 6.12. The molecule has 2 rings (SSSR count). The summed E-state index contributed by atoms with van der Waals surface area (Å²) in [5, 5.41) is 3.98. The van der Waals surface area contributed by atoms with E-state index in [4.69, 9.17) is 23.2 Å². The third-order valence-electron chi connectivity index (χ3n) is 5.41. The van der Waals surface area contributed by atoms with Gasteiger partial charge in [-0.25, -0.2) is 0 Å². The largest absolute Gasteiger partial charge is 0.352 e. The third kappa shape index (κ3) is 6.98. The fraction of sp³-hybridized carbons (Fsp3) is 0.440. The second-order valence-electron chi connectivity index (χ2n) is 8.14. The van der Waals surface area contributed by atoms with E-state index in [1.807, 2.05) is 46.8 Å². The number of carbonyl (C=O) groups is 2. The number of benzene rings is 2. The fourth-order valence-corrected chi connectivity index (χ4v) is 4.18. The quantitative estimate of drug-likeness (QED) is 0.505. The smallest absolute Gasteiger partial charge is 0.243 e. The molecule has 0 radical (unpaired) electrons. The minimum absolute atomic E-state index is 0.0295. The molecule has 0 fully saturated rings. The van der Waals surface area contributed by atoms with E-state index in [9.17, 15) is 9.59 Å². The number of nitrogens with zero attached hydrogens (tertiary/aromatic N) is 1. The number of carbonyl (C=O) groups excluding carboxylic acids is 2. The first kappa shape index (κ1) is 25.2. The van der Waals surface area contributed by atoms with E-state index in [0.717, 1.165) is 23.1 Å². The predicted molar refractivity (Wildman–Crippen MR) is 129 cm³/mol. The normalized spacial score (nSPS) is 12.9. The van der Waals surface area contributed by atoms with Gasteiger partial charge in [0.05, 0.1) is 6.42 Å². The SMILES string of the molecule is CC[C@@H](C)NC(=O)[C@H](CC)N(Cc1c(Cl)cccc1Cl)C(=O)Cc1cc(C)cc(C)c1. The molecule has 0 aliphatic heterocycles. The van der Waals surface area contributed by atoms with Crippen LogP contribution >= 0.6 is 23.2 Å². The molecule has 4 nitrogen and oxygen atoms in total. The number of amides is 2. The number of rotatable bonds is 9. The van der Waals surface area contributed by atoms with Crippen molar-refractivity contribution in [2.75, 3.05) is 0 Å². The fourth-order valence-electron chi connectivity index (χ4n) is 3.66. The van der Waals surface area contributed by atoms with Gasteiger partial charge in [0.1, 0.15) is 6.04 Å². The molecular formula is C25H32Cl2N2O2. The van der Waals surface area contributed by atoms with Crippen LogP contribution in [0.2, 0.25) is 10.0 Å². The van der Waals surface area contributed by atoms with Gasteiger partial charge in [-0.1, -0.05) is 72.4 Å². The van der Waals surface area contributed by atoms with E-state index < -0.39 is 6.04 Å². The molecule has 2 aromatic carbocycles. The van der Waals surface area contributed by atoms with Gasteiger partial charge >= 0.3 is 0 Å². The van der Waals surface area contributed by atoms with Gasteiger partial charge in [0.15, 0.2) is 0 Å². The number of halogens is 2. The van der Waals surface area contributed by atoms with Crippen LogP contribution in [0.25, 0.3) is 0 Å². The molecule has 0 unspecified atom stereocenters. The number of hydrogen-bond acceptors (Lipinski definition) is 2. The highest BCUT2D eigenvalue weighted by Crippen LogP contribution is 2.27. The van der Waals surface area contributed by atoms with Gasteiger partial charge in [-0.05, 0) is 51.3 Å². The van der Waals surface area contributed by atoms with E-state index in [2.05, 4.69) is 11.4 Å². The van der Waals surface area contributed by atoms with Crippen molar-refractivity contribution in [2.45, 2.75) is 72.5 Å². The van der Waals surface area contributed by atoms with E-state index in [0.29, 0.717) is 22.0 Å². The van der Waals surface area contributed by atoms with Crippen molar-refractivity contribution in [3.63, 3.8) is 0 Å². The average Bonchev–Trinajstić information content (AvgIpc) is 2.68. The molecule has 0 heterocycles. The van der Waals surface area contributed by atoms with Crippen molar-refractivity contribution in [2.24, 2.45) is 0 Å². The minimum Gasteiger partial charge on any atom is -0.352 e. The molecule has 0 saturated heterocycles. The first-order valence-electron chi connectivity index (χ1n) is 10.8. The van der Waals surface area contributed by atoms with E-state index in [-0.39, 0.29) is 30.8 Å². The van der Waals surface area contributed by atoms with Crippen LogP contribution < -0.4 is 5.32 Å². The molecule has 168 valence electrons. The molecule has 0 bridgehead atoms. The Labute approximate surface area is 195 Å². The maximum atomic E-state index is 13.5.